The van der Waals surface area contributed by atoms with E-state index in [4.69, 9.17) is 11.1 Å². The second-order valence-electron chi connectivity index (χ2n) is 5.47. The highest BCUT2D eigenvalue weighted by molar-refractivity contribution is 5.95. The Hall–Kier alpha value is -1.58. The first-order valence-electron chi connectivity index (χ1n) is 6.59. The lowest BCUT2D eigenvalue weighted by atomic mass is 9.78. The summed E-state index contributed by atoms with van der Waals surface area (Å²) in [7, 11) is 0. The lowest BCUT2D eigenvalue weighted by molar-refractivity contribution is 0.238. The van der Waals surface area contributed by atoms with Gasteiger partial charge in [0.25, 0.3) is 0 Å². The van der Waals surface area contributed by atoms with Crippen LogP contribution in [0.25, 0.3) is 0 Å². The topological polar surface area (TPSA) is 66.0 Å². The molecule has 3 N–H and O–H groups in total. The summed E-state index contributed by atoms with van der Waals surface area (Å²) in [5.74, 6) is 1.05. The zero-order valence-corrected chi connectivity index (χ0v) is 11.2. The first kappa shape index (κ1) is 12.9. The van der Waals surface area contributed by atoms with Crippen molar-refractivity contribution in [3.05, 3.63) is 23.9 Å². The van der Waals surface area contributed by atoms with E-state index < -0.39 is 0 Å². The van der Waals surface area contributed by atoms with Gasteiger partial charge in [0.2, 0.25) is 0 Å². The van der Waals surface area contributed by atoms with Gasteiger partial charge in [-0.1, -0.05) is 20.3 Å². The molecular weight excluding hydrogens is 224 g/mol. The molecule has 0 saturated carbocycles. The van der Waals surface area contributed by atoms with Crippen molar-refractivity contribution in [3.63, 3.8) is 0 Å². The van der Waals surface area contributed by atoms with Gasteiger partial charge in [0.1, 0.15) is 11.7 Å². The van der Waals surface area contributed by atoms with Crippen LogP contribution in [0.1, 0.15) is 38.7 Å². The van der Waals surface area contributed by atoms with Crippen molar-refractivity contribution in [2.24, 2.45) is 11.1 Å². The Morgan fingerprint density at radius 2 is 2.17 bits per heavy atom. The number of aromatic nitrogens is 1. The van der Waals surface area contributed by atoms with E-state index in [0.717, 1.165) is 24.5 Å². The van der Waals surface area contributed by atoms with Gasteiger partial charge in [-0.05, 0) is 30.4 Å². The number of nitrogens with zero attached hydrogens (tertiary/aromatic N) is 2. The third kappa shape index (κ3) is 2.63. The third-order valence-electron chi connectivity index (χ3n) is 4.20. The summed E-state index contributed by atoms with van der Waals surface area (Å²) in [6.45, 7) is 6.71. The number of nitrogens with one attached hydrogen (secondary N) is 1. The summed E-state index contributed by atoms with van der Waals surface area (Å²) in [4.78, 5) is 6.69. The van der Waals surface area contributed by atoms with Crippen LogP contribution >= 0.6 is 0 Å². The number of hydrogen-bond acceptors (Lipinski definition) is 3. The summed E-state index contributed by atoms with van der Waals surface area (Å²) in [5, 5.41) is 7.47. The summed E-state index contributed by atoms with van der Waals surface area (Å²) < 4.78 is 0. The molecule has 1 fully saturated rings. The van der Waals surface area contributed by atoms with Gasteiger partial charge < -0.3 is 10.6 Å². The van der Waals surface area contributed by atoms with Crippen LogP contribution in [-0.4, -0.2) is 23.9 Å². The molecule has 0 bridgehead atoms. The molecule has 1 aromatic rings. The molecular formula is C14H22N4. The van der Waals surface area contributed by atoms with Gasteiger partial charge in [-0.2, -0.15) is 0 Å². The van der Waals surface area contributed by atoms with E-state index >= 15 is 0 Å². The molecule has 98 valence electrons. The lowest BCUT2D eigenvalue weighted by Crippen LogP contribution is -2.38. The zero-order valence-electron chi connectivity index (χ0n) is 11.2. The minimum absolute atomic E-state index is 0.106. The quantitative estimate of drug-likeness (QED) is 0.635. The van der Waals surface area contributed by atoms with E-state index in [1.54, 1.807) is 12.3 Å². The molecule has 1 saturated heterocycles. The lowest BCUT2D eigenvalue weighted by Gasteiger charge is -2.39. The number of pyridine rings is 1. The van der Waals surface area contributed by atoms with Crippen LogP contribution in [0.15, 0.2) is 18.3 Å². The highest BCUT2D eigenvalue weighted by Gasteiger charge is 2.28. The van der Waals surface area contributed by atoms with E-state index in [-0.39, 0.29) is 5.84 Å². The fourth-order valence-electron chi connectivity index (χ4n) is 2.39. The van der Waals surface area contributed by atoms with Gasteiger partial charge in [0, 0.05) is 24.8 Å². The smallest absolute Gasteiger partial charge is 0.129 e. The number of anilines is 1. The van der Waals surface area contributed by atoms with Crippen LogP contribution in [-0.2, 0) is 0 Å². The van der Waals surface area contributed by atoms with Crippen LogP contribution in [0.5, 0.6) is 0 Å². The van der Waals surface area contributed by atoms with Crippen molar-refractivity contribution >= 4 is 11.7 Å². The molecule has 2 heterocycles. The minimum Gasteiger partial charge on any atom is -0.384 e. The van der Waals surface area contributed by atoms with Crippen LogP contribution in [0.3, 0.4) is 0 Å². The first-order valence-corrected chi connectivity index (χ1v) is 6.59. The number of rotatable bonds is 3. The Bertz CT molecular complexity index is 433. The highest BCUT2D eigenvalue weighted by atomic mass is 15.2. The molecule has 0 aliphatic carbocycles. The van der Waals surface area contributed by atoms with E-state index in [2.05, 4.69) is 23.7 Å². The number of piperidine rings is 1. The van der Waals surface area contributed by atoms with Crippen molar-refractivity contribution in [3.8, 4) is 0 Å². The van der Waals surface area contributed by atoms with Crippen molar-refractivity contribution in [1.82, 2.24) is 4.98 Å². The fourth-order valence-corrected chi connectivity index (χ4v) is 2.39. The highest BCUT2D eigenvalue weighted by Crippen LogP contribution is 2.35. The zero-order chi connectivity index (χ0) is 13.2. The maximum absolute atomic E-state index is 7.47. The number of amidine groups is 1. The van der Waals surface area contributed by atoms with Crippen molar-refractivity contribution in [2.45, 2.75) is 33.1 Å². The predicted molar refractivity (Wildman–Crippen MR) is 75.1 cm³/mol. The van der Waals surface area contributed by atoms with Crippen LogP contribution in [0.4, 0.5) is 5.82 Å². The number of nitrogens with two attached hydrogens (primary N) is 1. The monoisotopic (exact) mass is 246 g/mol. The molecule has 1 aromatic heterocycles. The summed E-state index contributed by atoms with van der Waals surface area (Å²) in [6.07, 6.45) is 5.38. The van der Waals surface area contributed by atoms with Crippen LogP contribution < -0.4 is 10.6 Å². The van der Waals surface area contributed by atoms with Crippen molar-refractivity contribution in [1.29, 1.82) is 5.41 Å². The Kier molecular flexibility index (Phi) is 3.55. The number of hydrogen-bond donors (Lipinski definition) is 2. The maximum Gasteiger partial charge on any atom is 0.129 e. The minimum atomic E-state index is 0.106. The molecule has 18 heavy (non-hydrogen) atoms. The first-order chi connectivity index (χ1) is 8.54. The molecule has 0 aromatic carbocycles. The SMILES string of the molecule is CCC1(C)CCN(c2cc(C(=N)N)ccn2)CC1. The second kappa shape index (κ2) is 4.96. The van der Waals surface area contributed by atoms with Crippen molar-refractivity contribution in [2.75, 3.05) is 18.0 Å². The van der Waals surface area contributed by atoms with Gasteiger partial charge >= 0.3 is 0 Å². The van der Waals surface area contributed by atoms with Crippen molar-refractivity contribution < 1.29 is 0 Å². The van der Waals surface area contributed by atoms with E-state index in [0.29, 0.717) is 5.41 Å². The summed E-state index contributed by atoms with van der Waals surface area (Å²) in [5.41, 5.74) is 6.75. The molecule has 1 aliphatic heterocycles. The molecule has 4 nitrogen and oxygen atoms in total. The van der Waals surface area contributed by atoms with Gasteiger partial charge in [-0.25, -0.2) is 4.98 Å². The molecule has 0 spiro atoms. The third-order valence-corrected chi connectivity index (χ3v) is 4.20. The molecule has 0 unspecified atom stereocenters. The number of nitrogen functional groups attached to an aromatic ring is 1. The molecule has 1 aliphatic rings. The van der Waals surface area contributed by atoms with E-state index in [1.807, 2.05) is 6.07 Å². The van der Waals surface area contributed by atoms with E-state index in [1.165, 1.54) is 19.3 Å². The molecule has 0 amide bonds. The molecule has 0 radical (unpaired) electrons. The average molecular weight is 246 g/mol. The van der Waals surface area contributed by atoms with Crippen LogP contribution in [0.2, 0.25) is 0 Å². The fraction of sp³-hybridized carbons (Fsp3) is 0.571. The maximum atomic E-state index is 7.47. The Labute approximate surface area is 109 Å². The Morgan fingerprint density at radius 1 is 1.50 bits per heavy atom. The predicted octanol–water partition coefficient (Wildman–Crippen LogP) is 2.38. The molecule has 2 rings (SSSR count). The van der Waals surface area contributed by atoms with Gasteiger partial charge in [-0.3, -0.25) is 5.41 Å². The largest absolute Gasteiger partial charge is 0.384 e. The summed E-state index contributed by atoms with van der Waals surface area (Å²) >= 11 is 0. The average Bonchev–Trinajstić information content (AvgIpc) is 2.40. The Morgan fingerprint density at radius 3 is 2.72 bits per heavy atom. The van der Waals surface area contributed by atoms with Gasteiger partial charge in [0.15, 0.2) is 0 Å². The summed E-state index contributed by atoms with van der Waals surface area (Å²) in [6, 6.07) is 3.70. The van der Waals surface area contributed by atoms with Gasteiger partial charge in [0.05, 0.1) is 0 Å². The second-order valence-corrected chi connectivity index (χ2v) is 5.47. The van der Waals surface area contributed by atoms with Crippen LogP contribution in [0, 0.1) is 10.8 Å². The molecule has 0 atom stereocenters. The Balaban J connectivity index is 2.10. The van der Waals surface area contributed by atoms with E-state index in [9.17, 15) is 0 Å². The van der Waals surface area contributed by atoms with Gasteiger partial charge in [-0.15, -0.1) is 0 Å². The molecule has 4 heteroatoms. The standard InChI is InChI=1S/C14H22N4/c1-3-14(2)5-8-18(9-6-14)12-10-11(13(15)16)4-7-17-12/h4,7,10H,3,5-6,8-9H2,1-2H3,(H3,15,16). The normalized spacial score (nSPS) is 18.7.